The maximum absolute atomic E-state index is 14.7. The predicted octanol–water partition coefficient (Wildman–Crippen LogP) is 3.05. The predicted molar refractivity (Wildman–Crippen MR) is 117 cm³/mol. The second-order valence-corrected chi connectivity index (χ2v) is 8.30. The maximum atomic E-state index is 14.7. The minimum Gasteiger partial charge on any atom is -0.481 e. The summed E-state index contributed by atoms with van der Waals surface area (Å²) in [6.45, 7) is 3.72. The molecular weight excluding hydrogens is 433 g/mol. The van der Waals surface area contributed by atoms with E-state index in [2.05, 4.69) is 10.3 Å². The lowest BCUT2D eigenvalue weighted by molar-refractivity contribution is -0.136. The highest BCUT2D eigenvalue weighted by molar-refractivity contribution is 5.71. The van der Waals surface area contributed by atoms with Crippen LogP contribution in [0.3, 0.4) is 0 Å². The van der Waals surface area contributed by atoms with Crippen molar-refractivity contribution in [1.82, 2.24) is 19.6 Å². The molecule has 6 nitrogen and oxygen atoms in total. The Morgan fingerprint density at radius 2 is 2.09 bits per heavy atom. The fourth-order valence-corrected chi connectivity index (χ4v) is 4.74. The average molecular weight is 458 g/mol. The Bertz CT molecular complexity index is 1320. The van der Waals surface area contributed by atoms with Crippen LogP contribution in [0.15, 0.2) is 24.4 Å². The number of hydrogen-bond acceptors (Lipinski definition) is 3. The minimum atomic E-state index is -0.954. The first-order chi connectivity index (χ1) is 15.8. The van der Waals surface area contributed by atoms with Crippen molar-refractivity contribution < 1.29 is 23.1 Å². The van der Waals surface area contributed by atoms with E-state index in [1.54, 1.807) is 10.9 Å². The molecule has 1 aliphatic rings. The third-order valence-electron chi connectivity index (χ3n) is 6.06. The van der Waals surface area contributed by atoms with Gasteiger partial charge in [-0.05, 0) is 49.4 Å². The lowest BCUT2D eigenvalue weighted by Gasteiger charge is -2.27. The molecule has 3 aromatic rings. The van der Waals surface area contributed by atoms with Gasteiger partial charge in [0, 0.05) is 23.9 Å². The third kappa shape index (κ3) is 4.44. The van der Waals surface area contributed by atoms with Gasteiger partial charge in [0.05, 0.1) is 29.7 Å². The standard InChI is InChI=1S/C24H25F3N4O2/c1-3-4-18-19(11-23(32)33)22-8-6-16(13-30(22)24(18)14(2)25)31-17(12-28-29-31)9-15-5-7-20(26)21(27)10-15/h4-5,7,10,12,16H,3,6,8-9,11,13H2,1-2H3,(H,32,33). The van der Waals surface area contributed by atoms with Gasteiger partial charge in [0.2, 0.25) is 0 Å². The zero-order valence-corrected chi connectivity index (χ0v) is 18.5. The second kappa shape index (κ2) is 9.25. The topological polar surface area (TPSA) is 72.9 Å². The first-order valence-electron chi connectivity index (χ1n) is 10.9. The van der Waals surface area contributed by atoms with Crippen LogP contribution in [0, 0.1) is 11.6 Å². The van der Waals surface area contributed by atoms with Crippen LogP contribution in [-0.2, 0) is 30.6 Å². The average Bonchev–Trinajstić information content (AvgIpc) is 3.33. The SMILES string of the molecule is CCC=c1c(CC(=O)O)c2n(c1=C(C)F)CC(n1nncc1Cc1ccc(F)c(F)c1)CC2. The molecule has 0 saturated carbocycles. The van der Waals surface area contributed by atoms with Crippen LogP contribution in [0.1, 0.15) is 55.2 Å². The van der Waals surface area contributed by atoms with Gasteiger partial charge in [-0.2, -0.15) is 0 Å². The highest BCUT2D eigenvalue weighted by atomic mass is 19.2. The van der Waals surface area contributed by atoms with E-state index >= 15 is 0 Å². The molecule has 1 N–H and O–H groups in total. The zero-order valence-electron chi connectivity index (χ0n) is 18.5. The molecule has 1 aliphatic heterocycles. The van der Waals surface area contributed by atoms with Gasteiger partial charge in [-0.1, -0.05) is 24.3 Å². The number of carboxylic acid groups (broad SMARTS) is 1. The van der Waals surface area contributed by atoms with Crippen molar-refractivity contribution in [3.8, 4) is 0 Å². The van der Waals surface area contributed by atoms with E-state index in [4.69, 9.17) is 0 Å². The third-order valence-corrected chi connectivity index (χ3v) is 6.06. The van der Waals surface area contributed by atoms with Gasteiger partial charge in [0.1, 0.15) is 5.83 Å². The summed E-state index contributed by atoms with van der Waals surface area (Å²) in [5.41, 5.74) is 2.82. The van der Waals surface area contributed by atoms with Crippen LogP contribution in [-0.4, -0.2) is 30.6 Å². The summed E-state index contributed by atoms with van der Waals surface area (Å²) in [6, 6.07) is 3.62. The summed E-state index contributed by atoms with van der Waals surface area (Å²) < 4.78 is 45.2. The van der Waals surface area contributed by atoms with Crippen LogP contribution < -0.4 is 10.6 Å². The van der Waals surface area contributed by atoms with Crippen LogP contribution >= 0.6 is 0 Å². The van der Waals surface area contributed by atoms with Crippen molar-refractivity contribution in [2.75, 3.05) is 0 Å². The molecule has 0 radical (unpaired) electrons. The van der Waals surface area contributed by atoms with Crippen LogP contribution in [0.4, 0.5) is 13.2 Å². The van der Waals surface area contributed by atoms with E-state index < -0.39 is 17.6 Å². The maximum Gasteiger partial charge on any atom is 0.307 e. The molecular formula is C24H25F3N4O2. The normalized spacial score (nSPS) is 17.2. The molecule has 3 heterocycles. The summed E-state index contributed by atoms with van der Waals surface area (Å²) in [6.07, 6.45) is 5.51. The van der Waals surface area contributed by atoms with Crippen molar-refractivity contribution in [2.24, 2.45) is 0 Å². The van der Waals surface area contributed by atoms with E-state index in [0.29, 0.717) is 53.9 Å². The number of benzene rings is 1. The Morgan fingerprint density at radius 3 is 2.76 bits per heavy atom. The van der Waals surface area contributed by atoms with Crippen molar-refractivity contribution >= 4 is 17.9 Å². The van der Waals surface area contributed by atoms with E-state index in [-0.39, 0.29) is 18.3 Å². The molecule has 0 aliphatic carbocycles. The smallest absolute Gasteiger partial charge is 0.307 e. The molecule has 0 fully saturated rings. The largest absolute Gasteiger partial charge is 0.481 e. The number of hydrogen-bond donors (Lipinski definition) is 1. The lowest BCUT2D eigenvalue weighted by atomic mass is 10.00. The number of carbonyl (C=O) groups is 1. The number of fused-ring (bicyclic) bond motifs is 1. The molecule has 0 bridgehead atoms. The number of nitrogens with zero attached hydrogens (tertiary/aromatic N) is 4. The number of rotatable bonds is 6. The quantitative estimate of drug-likeness (QED) is 0.616. The van der Waals surface area contributed by atoms with Gasteiger partial charge in [-0.15, -0.1) is 5.10 Å². The van der Waals surface area contributed by atoms with Gasteiger partial charge >= 0.3 is 5.97 Å². The van der Waals surface area contributed by atoms with Crippen LogP contribution in [0.5, 0.6) is 0 Å². The van der Waals surface area contributed by atoms with E-state index in [1.165, 1.54) is 13.0 Å². The Kier molecular flexibility index (Phi) is 6.40. The van der Waals surface area contributed by atoms with Crippen molar-refractivity contribution in [2.45, 2.75) is 58.5 Å². The molecule has 174 valence electrons. The van der Waals surface area contributed by atoms with Gasteiger partial charge in [-0.25, -0.2) is 17.9 Å². The first kappa shape index (κ1) is 22.8. The first-order valence-corrected chi connectivity index (χ1v) is 10.9. The highest BCUT2D eigenvalue weighted by Crippen LogP contribution is 2.26. The van der Waals surface area contributed by atoms with Gasteiger partial charge in [0.15, 0.2) is 11.6 Å². The summed E-state index contributed by atoms with van der Waals surface area (Å²) in [4.78, 5) is 11.5. The highest BCUT2D eigenvalue weighted by Gasteiger charge is 2.28. The Hall–Kier alpha value is -3.36. The molecule has 4 rings (SSSR count). The molecule has 0 spiro atoms. The Labute approximate surface area is 188 Å². The van der Waals surface area contributed by atoms with Crippen molar-refractivity contribution in [3.05, 3.63) is 69.1 Å². The molecule has 9 heteroatoms. The van der Waals surface area contributed by atoms with Gasteiger partial charge in [0.25, 0.3) is 0 Å². The summed E-state index contributed by atoms with van der Waals surface area (Å²) >= 11 is 0. The van der Waals surface area contributed by atoms with E-state index in [1.807, 2.05) is 17.6 Å². The minimum absolute atomic E-state index is 0.141. The summed E-state index contributed by atoms with van der Waals surface area (Å²) in [5, 5.41) is 18.7. The fourth-order valence-electron chi connectivity index (χ4n) is 4.74. The molecule has 2 aromatic heterocycles. The van der Waals surface area contributed by atoms with Gasteiger partial charge in [-0.3, -0.25) is 4.79 Å². The number of aliphatic carboxylic acids is 1. The van der Waals surface area contributed by atoms with Crippen LogP contribution in [0.25, 0.3) is 11.9 Å². The number of halogens is 3. The van der Waals surface area contributed by atoms with Gasteiger partial charge < -0.3 is 9.67 Å². The number of aromatic nitrogens is 4. The lowest BCUT2D eigenvalue weighted by Crippen LogP contribution is -2.36. The Balaban J connectivity index is 1.73. The second-order valence-electron chi connectivity index (χ2n) is 8.30. The van der Waals surface area contributed by atoms with E-state index in [9.17, 15) is 23.1 Å². The van der Waals surface area contributed by atoms with Crippen molar-refractivity contribution in [1.29, 1.82) is 0 Å². The Morgan fingerprint density at radius 1 is 1.30 bits per heavy atom. The summed E-state index contributed by atoms with van der Waals surface area (Å²) in [7, 11) is 0. The molecule has 1 unspecified atom stereocenters. The van der Waals surface area contributed by atoms with Crippen molar-refractivity contribution in [3.63, 3.8) is 0 Å². The zero-order chi connectivity index (χ0) is 23.7. The molecule has 0 amide bonds. The molecule has 1 atom stereocenters. The van der Waals surface area contributed by atoms with Crippen LogP contribution in [0.2, 0.25) is 0 Å². The monoisotopic (exact) mass is 458 g/mol. The molecule has 33 heavy (non-hydrogen) atoms. The fraction of sp³-hybridized carbons (Fsp3) is 0.375. The number of carboxylic acids is 1. The molecule has 0 saturated heterocycles. The van der Waals surface area contributed by atoms with E-state index in [0.717, 1.165) is 23.5 Å². The summed E-state index contributed by atoms with van der Waals surface area (Å²) in [5.74, 6) is -3.14. The molecule has 1 aromatic carbocycles.